The smallest absolute Gasteiger partial charge is 0.419 e. The Morgan fingerprint density at radius 1 is 1.27 bits per heavy atom. The van der Waals surface area contributed by atoms with Crippen LogP contribution in [0.4, 0.5) is 33.3 Å². The summed E-state index contributed by atoms with van der Waals surface area (Å²) < 4.78 is 91.0. The van der Waals surface area contributed by atoms with Gasteiger partial charge in [0.05, 0.1) is 35.0 Å². The van der Waals surface area contributed by atoms with E-state index >= 15 is 0 Å². The maximum absolute atomic E-state index is 13.0. The summed E-state index contributed by atoms with van der Waals surface area (Å²) in [7, 11) is 0. The van der Waals surface area contributed by atoms with Crippen molar-refractivity contribution in [2.24, 2.45) is 0 Å². The second-order valence-corrected chi connectivity index (χ2v) is 5.60. The molecule has 0 bridgehead atoms. The van der Waals surface area contributed by atoms with Crippen molar-refractivity contribution in [2.45, 2.75) is 12.8 Å². The fourth-order valence-corrected chi connectivity index (χ4v) is 2.37. The molecular formula is C17H13F5N6O2. The molecule has 1 aromatic carbocycles. The molecule has 0 aliphatic carbocycles. The van der Waals surface area contributed by atoms with Gasteiger partial charge in [0.2, 0.25) is 0 Å². The number of rotatable bonds is 6. The molecule has 0 saturated carbocycles. The average molecular weight is 431 g/mol. The monoisotopic (exact) mass is 431 g/mol. The predicted octanol–water partition coefficient (Wildman–Crippen LogP) is 3.39. The van der Waals surface area contributed by atoms with Crippen LogP contribution in [-0.2, 0) is 6.18 Å². The van der Waals surface area contributed by atoms with Gasteiger partial charge in [-0.25, -0.2) is 4.68 Å². The fraction of sp³-hybridized carbons (Fsp3) is 0.176. The number of benzene rings is 1. The Hall–Kier alpha value is -3.77. The highest BCUT2D eigenvalue weighted by atomic mass is 19.4. The second-order valence-electron chi connectivity index (χ2n) is 5.60. The van der Waals surface area contributed by atoms with E-state index in [4.69, 9.17) is 4.11 Å². The summed E-state index contributed by atoms with van der Waals surface area (Å²) in [6.45, 7) is -6.12. The first-order valence-electron chi connectivity index (χ1n) is 9.46. The number of alkyl halides is 5. The topological polar surface area (TPSA) is 94.0 Å². The minimum absolute atomic E-state index is 0.0279. The Bertz CT molecular complexity index is 1150. The van der Waals surface area contributed by atoms with Crippen molar-refractivity contribution >= 4 is 17.3 Å². The molecule has 8 nitrogen and oxygen atoms in total. The van der Waals surface area contributed by atoms with Gasteiger partial charge in [-0.15, -0.1) is 5.10 Å². The lowest BCUT2D eigenvalue weighted by molar-refractivity contribution is -0.137. The Balaban J connectivity index is 1.96. The third kappa shape index (κ3) is 4.61. The lowest BCUT2D eigenvalue weighted by Crippen LogP contribution is -2.21. The van der Waals surface area contributed by atoms with Crippen LogP contribution >= 0.6 is 0 Å². The summed E-state index contributed by atoms with van der Waals surface area (Å²) >= 11 is 0. The number of amides is 1. The van der Waals surface area contributed by atoms with Crippen molar-refractivity contribution < 1.29 is 35.6 Å². The zero-order valence-electron chi connectivity index (χ0n) is 17.6. The van der Waals surface area contributed by atoms with Gasteiger partial charge in [0.1, 0.15) is 0 Å². The van der Waals surface area contributed by atoms with Gasteiger partial charge in [-0.1, -0.05) is 0 Å². The van der Waals surface area contributed by atoms with Crippen LogP contribution in [0.15, 0.2) is 42.9 Å². The minimum atomic E-state index is -4.65. The van der Waals surface area contributed by atoms with E-state index in [0.29, 0.717) is 12.4 Å². The molecule has 0 atom stereocenters. The number of hydrogen-bond donors (Lipinski definition) is 2. The largest absolute Gasteiger partial charge is 0.433 e. The summed E-state index contributed by atoms with van der Waals surface area (Å²) in [6, 6.07) is 4.67. The summed E-state index contributed by atoms with van der Waals surface area (Å²) in [5.74, 6) is -1.61. The third-order valence-corrected chi connectivity index (χ3v) is 3.67. The average Bonchev–Trinajstić information content (AvgIpc) is 3.19. The van der Waals surface area contributed by atoms with Gasteiger partial charge in [0.25, 0.3) is 5.91 Å². The van der Waals surface area contributed by atoms with Crippen molar-refractivity contribution in [3.8, 4) is 11.4 Å². The van der Waals surface area contributed by atoms with Crippen molar-refractivity contribution in [3.05, 3.63) is 54.1 Å². The van der Waals surface area contributed by atoms with Crippen molar-refractivity contribution in [1.82, 2.24) is 25.3 Å². The highest BCUT2D eigenvalue weighted by molar-refractivity contribution is 5.98. The first-order chi connectivity index (χ1) is 15.3. The number of nitrogens with one attached hydrogen (secondary N) is 2. The summed E-state index contributed by atoms with van der Waals surface area (Å²) in [5, 5.41) is 14.9. The normalized spacial score (nSPS) is 13.3. The molecule has 0 saturated heterocycles. The molecule has 3 rings (SSSR count). The molecule has 0 aliphatic rings. The number of hydrogen-bond acceptors (Lipinski definition) is 6. The standard InChI is InChI=1S/C17H13F5N6O2/c1-23-15(29)14-12(4-5-24-27-14)26-11-3-2-10(6-13(11)30-16(18)19)28-8-9(7-25-28)17(20,21)22/h2-8,16H,1H3,(H,23,29)(H,24,26)/i1D3. The fourth-order valence-electron chi connectivity index (χ4n) is 2.37. The number of anilines is 2. The van der Waals surface area contributed by atoms with E-state index in [2.05, 4.69) is 25.3 Å². The molecule has 0 radical (unpaired) electrons. The maximum Gasteiger partial charge on any atom is 0.419 e. The first kappa shape index (κ1) is 17.1. The van der Waals surface area contributed by atoms with Crippen molar-refractivity contribution in [1.29, 1.82) is 0 Å². The number of aromatic nitrogens is 4. The number of halogens is 5. The minimum Gasteiger partial charge on any atom is -0.433 e. The van der Waals surface area contributed by atoms with Crippen molar-refractivity contribution in [3.63, 3.8) is 0 Å². The molecule has 2 N–H and O–H groups in total. The van der Waals surface area contributed by atoms with E-state index in [-0.39, 0.29) is 17.1 Å². The van der Waals surface area contributed by atoms with Gasteiger partial charge in [0.15, 0.2) is 11.4 Å². The van der Waals surface area contributed by atoms with Crippen LogP contribution in [0, 0.1) is 0 Å². The van der Waals surface area contributed by atoms with Gasteiger partial charge < -0.3 is 15.4 Å². The molecule has 0 unspecified atom stereocenters. The van der Waals surface area contributed by atoms with E-state index in [1.165, 1.54) is 18.2 Å². The number of carbonyl (C=O) groups excluding carboxylic acids is 1. The van der Waals surface area contributed by atoms with Gasteiger partial charge >= 0.3 is 12.8 Å². The van der Waals surface area contributed by atoms with Crippen LogP contribution in [0.5, 0.6) is 5.75 Å². The summed E-state index contributed by atoms with van der Waals surface area (Å²) in [5.41, 5.74) is -1.76. The lowest BCUT2D eigenvalue weighted by Gasteiger charge is -2.15. The number of ether oxygens (including phenoxy) is 1. The van der Waals surface area contributed by atoms with Crippen LogP contribution in [0.2, 0.25) is 0 Å². The van der Waals surface area contributed by atoms with Crippen LogP contribution in [0.1, 0.15) is 20.2 Å². The SMILES string of the molecule is [2H]C([2H])([2H])NC(=O)c1nnccc1Nc1ccc(-n2cc(C(F)(F)F)cn2)cc1OC(F)F. The third-order valence-electron chi connectivity index (χ3n) is 3.67. The van der Waals surface area contributed by atoms with Crippen LogP contribution in [-0.4, -0.2) is 39.5 Å². The van der Waals surface area contributed by atoms with Gasteiger partial charge in [-0.05, 0) is 18.2 Å². The van der Waals surface area contributed by atoms with Crippen LogP contribution in [0.3, 0.4) is 0 Å². The maximum atomic E-state index is 13.0. The van der Waals surface area contributed by atoms with Gasteiger partial charge in [0, 0.05) is 23.4 Å². The molecule has 1 amide bonds. The number of carbonyl (C=O) groups is 1. The Morgan fingerprint density at radius 3 is 2.73 bits per heavy atom. The summed E-state index contributed by atoms with van der Waals surface area (Å²) in [6.07, 6.45) is -2.27. The van der Waals surface area contributed by atoms with Crippen LogP contribution in [0.25, 0.3) is 5.69 Å². The van der Waals surface area contributed by atoms with Crippen molar-refractivity contribution in [2.75, 3.05) is 12.3 Å². The Kier molecular flexibility index (Phi) is 4.74. The van der Waals surface area contributed by atoms with Gasteiger partial charge in [-0.2, -0.15) is 32.1 Å². The zero-order chi connectivity index (χ0) is 24.4. The van der Waals surface area contributed by atoms with E-state index in [1.807, 2.05) is 0 Å². The molecule has 13 heteroatoms. The Morgan fingerprint density at radius 2 is 2.07 bits per heavy atom. The van der Waals surface area contributed by atoms with Crippen LogP contribution < -0.4 is 15.4 Å². The number of nitrogens with zero attached hydrogens (tertiary/aromatic N) is 4. The molecule has 30 heavy (non-hydrogen) atoms. The molecule has 0 spiro atoms. The Labute approximate surface area is 169 Å². The first-order valence-corrected chi connectivity index (χ1v) is 7.96. The second kappa shape index (κ2) is 8.31. The van der Waals surface area contributed by atoms with Gasteiger partial charge in [-0.3, -0.25) is 4.79 Å². The zero-order valence-corrected chi connectivity index (χ0v) is 14.6. The highest BCUT2D eigenvalue weighted by Gasteiger charge is 2.32. The summed E-state index contributed by atoms with van der Waals surface area (Å²) in [4.78, 5) is 12.2. The van der Waals surface area contributed by atoms with E-state index in [1.54, 1.807) is 5.32 Å². The molecule has 2 aromatic heterocycles. The molecule has 0 fully saturated rings. The van der Waals surface area contributed by atoms with E-state index in [9.17, 15) is 26.7 Å². The quantitative estimate of drug-likeness (QED) is 0.582. The lowest BCUT2D eigenvalue weighted by atomic mass is 10.2. The van der Waals surface area contributed by atoms with E-state index < -0.39 is 42.7 Å². The highest BCUT2D eigenvalue weighted by Crippen LogP contribution is 2.33. The molecule has 0 aliphatic heterocycles. The molecule has 158 valence electrons. The van der Waals surface area contributed by atoms with E-state index in [0.717, 1.165) is 16.9 Å². The predicted molar refractivity (Wildman–Crippen MR) is 93.9 cm³/mol. The molecule has 3 aromatic rings. The molecule has 2 heterocycles. The molecular weight excluding hydrogens is 415 g/mol.